The molecule has 2 heterocycles. The maximum atomic E-state index is 6.79. The molecule has 11 rings (SSSR count). The number of benzene rings is 9. The van der Waals surface area contributed by atoms with Crippen LogP contribution >= 0.6 is 0 Å². The van der Waals surface area contributed by atoms with Crippen molar-refractivity contribution in [1.29, 1.82) is 0 Å². The second-order valence-corrected chi connectivity index (χ2v) is 14.1. The van der Waals surface area contributed by atoms with Crippen molar-refractivity contribution in [2.75, 3.05) is 4.90 Å². The van der Waals surface area contributed by atoms with Crippen LogP contribution in [0.15, 0.2) is 211 Å². The van der Waals surface area contributed by atoms with Crippen molar-refractivity contribution < 1.29 is 4.42 Å². The van der Waals surface area contributed by atoms with Gasteiger partial charge in [-0.1, -0.05) is 152 Å². The Bertz CT molecular complexity index is 3200. The standard InChI is InChI=1S/C52H34N2O/c1-3-16-36(17-4-1)45-34-38(32-33-41(45)40-25-13-19-35-18-7-8-22-39(35)40)54(49-30-14-26-43-42-23-10-12-31-50(42)55-52(43)49)48-29-15-28-47-51(48)44-24-9-11-27-46(44)53(47)37-20-5-2-6-21-37/h1-34H. The summed E-state index contributed by atoms with van der Waals surface area (Å²) < 4.78 is 9.17. The van der Waals surface area contributed by atoms with Crippen LogP contribution in [-0.2, 0) is 0 Å². The van der Waals surface area contributed by atoms with Crippen molar-refractivity contribution in [1.82, 2.24) is 4.57 Å². The smallest absolute Gasteiger partial charge is 0.159 e. The number of furan rings is 1. The molecule has 0 N–H and O–H groups in total. The zero-order valence-corrected chi connectivity index (χ0v) is 29.9. The van der Waals surface area contributed by atoms with E-state index in [1.165, 1.54) is 32.7 Å². The Morgan fingerprint density at radius 3 is 1.91 bits per heavy atom. The minimum atomic E-state index is 0.854. The third-order valence-corrected chi connectivity index (χ3v) is 11.0. The molecule has 0 saturated carbocycles. The van der Waals surface area contributed by atoms with Gasteiger partial charge in [-0.2, -0.15) is 0 Å². The molecule has 0 fully saturated rings. The summed E-state index contributed by atoms with van der Waals surface area (Å²) in [4.78, 5) is 2.41. The van der Waals surface area contributed by atoms with Gasteiger partial charge >= 0.3 is 0 Å². The van der Waals surface area contributed by atoms with Gasteiger partial charge in [0, 0.05) is 32.9 Å². The Hall–Kier alpha value is -7.36. The number of rotatable bonds is 6. The van der Waals surface area contributed by atoms with Crippen molar-refractivity contribution in [2.45, 2.75) is 0 Å². The minimum absolute atomic E-state index is 0.854. The maximum Gasteiger partial charge on any atom is 0.159 e. The first kappa shape index (κ1) is 31.2. The first-order valence-corrected chi connectivity index (χ1v) is 18.8. The van der Waals surface area contributed by atoms with Crippen molar-refractivity contribution in [3.8, 4) is 27.9 Å². The van der Waals surface area contributed by atoms with E-state index in [2.05, 4.69) is 210 Å². The highest BCUT2D eigenvalue weighted by molar-refractivity contribution is 6.18. The van der Waals surface area contributed by atoms with Crippen molar-refractivity contribution in [3.05, 3.63) is 206 Å². The normalized spacial score (nSPS) is 11.6. The van der Waals surface area contributed by atoms with E-state index in [0.29, 0.717) is 0 Å². The van der Waals surface area contributed by atoms with Gasteiger partial charge in [0.05, 0.1) is 22.4 Å². The lowest BCUT2D eigenvalue weighted by Gasteiger charge is -2.28. The largest absolute Gasteiger partial charge is 0.454 e. The highest BCUT2D eigenvalue weighted by Gasteiger charge is 2.25. The van der Waals surface area contributed by atoms with Crippen LogP contribution in [0.25, 0.3) is 82.5 Å². The third-order valence-electron chi connectivity index (χ3n) is 11.0. The summed E-state index contributed by atoms with van der Waals surface area (Å²) in [5.74, 6) is 0. The molecule has 11 aromatic rings. The Balaban J connectivity index is 1.25. The summed E-state index contributed by atoms with van der Waals surface area (Å²) in [7, 11) is 0. The summed E-state index contributed by atoms with van der Waals surface area (Å²) in [6.45, 7) is 0. The van der Waals surface area contributed by atoms with Gasteiger partial charge in [0.25, 0.3) is 0 Å². The lowest BCUT2D eigenvalue weighted by molar-refractivity contribution is 0.669. The zero-order chi connectivity index (χ0) is 36.3. The van der Waals surface area contributed by atoms with Crippen molar-refractivity contribution >= 4 is 71.6 Å². The SMILES string of the molecule is c1ccc(-c2cc(N(c3cccc4c3oc3ccccc34)c3cccc4c3c3ccccc3n4-c3ccccc3)ccc2-c2cccc3ccccc23)cc1. The second-order valence-electron chi connectivity index (χ2n) is 14.1. The molecule has 3 heteroatoms. The fourth-order valence-corrected chi connectivity index (χ4v) is 8.58. The molecule has 9 aromatic carbocycles. The number of hydrogen-bond acceptors (Lipinski definition) is 2. The molecule has 0 amide bonds. The molecule has 0 aliphatic rings. The van der Waals surface area contributed by atoms with Crippen molar-refractivity contribution in [2.24, 2.45) is 0 Å². The number of hydrogen-bond donors (Lipinski definition) is 0. The summed E-state index contributed by atoms with van der Waals surface area (Å²) in [6, 6.07) is 73.9. The number of anilines is 3. The second kappa shape index (κ2) is 12.6. The number of para-hydroxylation sites is 4. The first-order valence-electron chi connectivity index (χ1n) is 18.8. The van der Waals surface area contributed by atoms with Gasteiger partial charge < -0.3 is 13.9 Å². The molecule has 0 aliphatic carbocycles. The van der Waals surface area contributed by atoms with Crippen LogP contribution in [0.2, 0.25) is 0 Å². The average Bonchev–Trinajstić information content (AvgIpc) is 3.81. The third kappa shape index (κ3) is 4.98. The molecule has 258 valence electrons. The first-order chi connectivity index (χ1) is 27.3. The van der Waals surface area contributed by atoms with E-state index < -0.39 is 0 Å². The Morgan fingerprint density at radius 1 is 0.400 bits per heavy atom. The lowest BCUT2D eigenvalue weighted by Crippen LogP contribution is -2.11. The molecule has 3 nitrogen and oxygen atoms in total. The fraction of sp³-hybridized carbons (Fsp3) is 0. The molecular formula is C52H34N2O. The van der Waals surface area contributed by atoms with Gasteiger partial charge in [-0.25, -0.2) is 0 Å². The molecule has 0 bridgehead atoms. The van der Waals surface area contributed by atoms with E-state index in [0.717, 1.165) is 66.8 Å². The molecule has 0 unspecified atom stereocenters. The number of fused-ring (bicyclic) bond motifs is 7. The Morgan fingerprint density at radius 2 is 1.04 bits per heavy atom. The minimum Gasteiger partial charge on any atom is -0.454 e. The fourth-order valence-electron chi connectivity index (χ4n) is 8.58. The van der Waals surface area contributed by atoms with Gasteiger partial charge in [-0.3, -0.25) is 0 Å². The van der Waals surface area contributed by atoms with Gasteiger partial charge in [0.1, 0.15) is 5.58 Å². The van der Waals surface area contributed by atoms with E-state index in [1.807, 2.05) is 6.07 Å². The molecule has 0 radical (unpaired) electrons. The predicted molar refractivity (Wildman–Crippen MR) is 231 cm³/mol. The van der Waals surface area contributed by atoms with Crippen LogP contribution < -0.4 is 4.90 Å². The summed E-state index contributed by atoms with van der Waals surface area (Å²) in [5.41, 5.74) is 13.0. The Labute approximate surface area is 318 Å². The quantitative estimate of drug-likeness (QED) is 0.172. The number of nitrogens with zero attached hydrogens (tertiary/aromatic N) is 2. The molecule has 0 saturated heterocycles. The molecule has 0 spiro atoms. The maximum absolute atomic E-state index is 6.79. The van der Waals surface area contributed by atoms with Crippen LogP contribution in [-0.4, -0.2) is 4.57 Å². The summed E-state index contributed by atoms with van der Waals surface area (Å²) >= 11 is 0. The molecule has 0 aliphatic heterocycles. The van der Waals surface area contributed by atoms with E-state index in [9.17, 15) is 0 Å². The van der Waals surface area contributed by atoms with E-state index in [-0.39, 0.29) is 0 Å². The van der Waals surface area contributed by atoms with Crippen LogP contribution in [0.4, 0.5) is 17.1 Å². The highest BCUT2D eigenvalue weighted by Crippen LogP contribution is 2.48. The topological polar surface area (TPSA) is 21.3 Å². The van der Waals surface area contributed by atoms with Crippen LogP contribution in [0.1, 0.15) is 0 Å². The summed E-state index contributed by atoms with van der Waals surface area (Å²) in [5, 5.41) is 7.02. The lowest BCUT2D eigenvalue weighted by atomic mass is 9.90. The highest BCUT2D eigenvalue weighted by atomic mass is 16.3. The van der Waals surface area contributed by atoms with Gasteiger partial charge in [-0.05, 0) is 87.6 Å². The van der Waals surface area contributed by atoms with Crippen LogP contribution in [0.3, 0.4) is 0 Å². The monoisotopic (exact) mass is 702 g/mol. The Kier molecular flexibility index (Phi) is 7.17. The van der Waals surface area contributed by atoms with Crippen molar-refractivity contribution in [3.63, 3.8) is 0 Å². The van der Waals surface area contributed by atoms with E-state index in [1.54, 1.807) is 0 Å². The van der Waals surface area contributed by atoms with Gasteiger partial charge in [0.2, 0.25) is 0 Å². The van der Waals surface area contributed by atoms with Crippen LogP contribution in [0, 0.1) is 0 Å². The van der Waals surface area contributed by atoms with Gasteiger partial charge in [-0.15, -0.1) is 0 Å². The molecule has 2 aromatic heterocycles. The van der Waals surface area contributed by atoms with Gasteiger partial charge in [0.15, 0.2) is 5.58 Å². The summed E-state index contributed by atoms with van der Waals surface area (Å²) in [6.07, 6.45) is 0. The van der Waals surface area contributed by atoms with E-state index in [4.69, 9.17) is 4.42 Å². The molecular weight excluding hydrogens is 669 g/mol. The van der Waals surface area contributed by atoms with Crippen LogP contribution in [0.5, 0.6) is 0 Å². The average molecular weight is 703 g/mol. The predicted octanol–water partition coefficient (Wildman–Crippen LogP) is 14.6. The molecule has 0 atom stereocenters. The zero-order valence-electron chi connectivity index (χ0n) is 29.9. The number of aromatic nitrogens is 1. The van der Waals surface area contributed by atoms with E-state index >= 15 is 0 Å². The molecule has 55 heavy (non-hydrogen) atoms.